The molecule has 1 fully saturated rings. The number of nitrogens with one attached hydrogen (secondary N) is 1. The number of hydrogen-bond donors (Lipinski definition) is 1. The molecule has 1 aromatic carbocycles. The smallest absolute Gasteiger partial charge is 0.263 e. The van der Waals surface area contributed by atoms with Gasteiger partial charge in [-0.2, -0.15) is 0 Å². The van der Waals surface area contributed by atoms with Crippen LogP contribution in [0.15, 0.2) is 24.3 Å². The summed E-state index contributed by atoms with van der Waals surface area (Å²) >= 11 is 1.44. The molecule has 0 aliphatic heterocycles. The van der Waals surface area contributed by atoms with Crippen LogP contribution < -0.4 is 10.1 Å². The Morgan fingerprint density at radius 2 is 2.00 bits per heavy atom. The minimum absolute atomic E-state index is 0.0173. The first kappa shape index (κ1) is 17.9. The zero-order chi connectivity index (χ0) is 17.6. The van der Waals surface area contributed by atoms with Crippen LogP contribution in [0, 0.1) is 13.8 Å². The molecule has 0 spiro atoms. The quantitative estimate of drug-likeness (QED) is 0.782. The van der Waals surface area contributed by atoms with Crippen LogP contribution in [0.2, 0.25) is 0 Å². The second kappa shape index (κ2) is 8.48. The van der Waals surface area contributed by atoms with Crippen molar-refractivity contribution in [2.45, 2.75) is 65.0 Å². The highest BCUT2D eigenvalue weighted by Gasteiger charge is 2.20. The number of nitrogens with zero attached hydrogens (tertiary/aromatic N) is 1. The summed E-state index contributed by atoms with van der Waals surface area (Å²) < 4.78 is 5.80. The van der Waals surface area contributed by atoms with E-state index in [1.54, 1.807) is 0 Å². The van der Waals surface area contributed by atoms with Gasteiger partial charge in [0.15, 0.2) is 0 Å². The summed E-state index contributed by atoms with van der Waals surface area (Å²) in [6.45, 7) is 4.33. The van der Waals surface area contributed by atoms with Crippen molar-refractivity contribution in [3.63, 3.8) is 0 Å². The van der Waals surface area contributed by atoms with Crippen molar-refractivity contribution in [3.05, 3.63) is 45.4 Å². The molecular formula is C20H26N2O2S. The van der Waals surface area contributed by atoms with Crippen molar-refractivity contribution < 1.29 is 9.53 Å². The fourth-order valence-electron chi connectivity index (χ4n) is 3.25. The number of aryl methyl sites for hydroxylation is 2. The number of amides is 1. The standard InChI is InChI=1S/C20H26N2O2S/c1-14-8-7-11-17(12-14)24-13-18-21-15(2)19(25-18)20(23)22-16-9-5-3-4-6-10-16/h7-8,11-12,16H,3-6,9-10,13H2,1-2H3,(H,22,23). The van der Waals surface area contributed by atoms with Gasteiger partial charge in [0.1, 0.15) is 22.2 Å². The molecule has 1 amide bonds. The molecule has 134 valence electrons. The number of benzene rings is 1. The zero-order valence-electron chi connectivity index (χ0n) is 15.0. The Balaban J connectivity index is 1.60. The number of hydrogen-bond acceptors (Lipinski definition) is 4. The van der Waals surface area contributed by atoms with Crippen LogP contribution in [0.4, 0.5) is 0 Å². The van der Waals surface area contributed by atoms with Crippen molar-refractivity contribution in [3.8, 4) is 5.75 Å². The maximum absolute atomic E-state index is 12.6. The highest BCUT2D eigenvalue weighted by molar-refractivity contribution is 7.13. The van der Waals surface area contributed by atoms with Gasteiger partial charge in [-0.05, 0) is 44.4 Å². The van der Waals surface area contributed by atoms with E-state index in [0.717, 1.165) is 34.9 Å². The van der Waals surface area contributed by atoms with Crippen molar-refractivity contribution in [2.24, 2.45) is 0 Å². The SMILES string of the molecule is Cc1cccc(OCc2nc(C)c(C(=O)NC3CCCCCC3)s2)c1. The molecule has 1 aliphatic rings. The minimum atomic E-state index is 0.0173. The topological polar surface area (TPSA) is 51.2 Å². The number of carbonyl (C=O) groups is 1. The number of thiazole rings is 1. The Morgan fingerprint density at radius 3 is 2.72 bits per heavy atom. The monoisotopic (exact) mass is 358 g/mol. The molecular weight excluding hydrogens is 332 g/mol. The lowest BCUT2D eigenvalue weighted by molar-refractivity contribution is 0.0936. The van der Waals surface area contributed by atoms with Crippen molar-refractivity contribution >= 4 is 17.2 Å². The first-order valence-electron chi connectivity index (χ1n) is 9.08. The fraction of sp³-hybridized carbons (Fsp3) is 0.500. The molecule has 0 saturated heterocycles. The highest BCUT2D eigenvalue weighted by Crippen LogP contribution is 2.22. The Labute approximate surface area is 153 Å². The molecule has 3 rings (SSSR count). The van der Waals surface area contributed by atoms with Gasteiger partial charge in [0.05, 0.1) is 5.69 Å². The predicted molar refractivity (Wildman–Crippen MR) is 101 cm³/mol. The Morgan fingerprint density at radius 1 is 1.24 bits per heavy atom. The lowest BCUT2D eigenvalue weighted by Crippen LogP contribution is -2.34. The van der Waals surface area contributed by atoms with Gasteiger partial charge in [-0.15, -0.1) is 11.3 Å². The van der Waals surface area contributed by atoms with Crippen LogP contribution in [-0.4, -0.2) is 16.9 Å². The zero-order valence-corrected chi connectivity index (χ0v) is 15.8. The van der Waals surface area contributed by atoms with Gasteiger partial charge in [-0.3, -0.25) is 4.79 Å². The second-order valence-electron chi connectivity index (χ2n) is 6.79. The maximum atomic E-state index is 12.6. The van der Waals surface area contributed by atoms with Gasteiger partial charge < -0.3 is 10.1 Å². The molecule has 1 N–H and O–H groups in total. The minimum Gasteiger partial charge on any atom is -0.486 e. The molecule has 0 bridgehead atoms. The van der Waals surface area contributed by atoms with Crippen molar-refractivity contribution in [2.75, 3.05) is 0 Å². The Hall–Kier alpha value is -1.88. The largest absolute Gasteiger partial charge is 0.486 e. The molecule has 5 heteroatoms. The molecule has 25 heavy (non-hydrogen) atoms. The summed E-state index contributed by atoms with van der Waals surface area (Å²) in [4.78, 5) is 17.8. The summed E-state index contributed by atoms with van der Waals surface area (Å²) in [5, 5.41) is 4.04. The van der Waals surface area contributed by atoms with E-state index in [2.05, 4.69) is 10.3 Å². The third-order valence-electron chi connectivity index (χ3n) is 4.59. The molecule has 1 saturated carbocycles. The summed E-state index contributed by atoms with van der Waals surface area (Å²) in [5.41, 5.74) is 1.95. The van der Waals surface area contributed by atoms with Gasteiger partial charge in [-0.1, -0.05) is 37.8 Å². The van der Waals surface area contributed by atoms with E-state index in [9.17, 15) is 4.79 Å². The number of ether oxygens (including phenoxy) is 1. The molecule has 0 radical (unpaired) electrons. The Bertz CT molecular complexity index is 718. The first-order chi connectivity index (χ1) is 12.1. The van der Waals surface area contributed by atoms with E-state index in [1.165, 1.54) is 37.0 Å². The average Bonchev–Trinajstić information content (AvgIpc) is 2.78. The van der Waals surface area contributed by atoms with Crippen LogP contribution in [0.1, 0.15) is 64.5 Å². The summed E-state index contributed by atoms with van der Waals surface area (Å²) in [7, 11) is 0. The van der Waals surface area contributed by atoms with Gasteiger partial charge in [0.2, 0.25) is 0 Å². The first-order valence-corrected chi connectivity index (χ1v) is 9.90. The summed E-state index contributed by atoms with van der Waals surface area (Å²) in [6, 6.07) is 8.26. The number of carbonyl (C=O) groups excluding carboxylic acids is 1. The van der Waals surface area contributed by atoms with Gasteiger partial charge >= 0.3 is 0 Å². The van der Waals surface area contributed by atoms with Crippen LogP contribution in [0.5, 0.6) is 5.75 Å². The Kier molecular flexibility index (Phi) is 6.08. The molecule has 0 atom stereocenters. The lowest BCUT2D eigenvalue weighted by atomic mass is 10.1. The fourth-order valence-corrected chi connectivity index (χ4v) is 4.13. The van der Waals surface area contributed by atoms with E-state index in [0.29, 0.717) is 17.5 Å². The van der Waals surface area contributed by atoms with Gasteiger partial charge in [0, 0.05) is 6.04 Å². The van der Waals surface area contributed by atoms with Crippen molar-refractivity contribution in [1.82, 2.24) is 10.3 Å². The lowest BCUT2D eigenvalue weighted by Gasteiger charge is -2.15. The van der Waals surface area contributed by atoms with Crippen LogP contribution in [-0.2, 0) is 6.61 Å². The molecule has 0 unspecified atom stereocenters. The normalized spacial score (nSPS) is 15.6. The van der Waals surface area contributed by atoms with Crippen molar-refractivity contribution in [1.29, 1.82) is 0 Å². The van der Waals surface area contributed by atoms with Gasteiger partial charge in [-0.25, -0.2) is 4.98 Å². The van der Waals surface area contributed by atoms with E-state index in [4.69, 9.17) is 4.74 Å². The molecule has 1 aliphatic carbocycles. The second-order valence-corrected chi connectivity index (χ2v) is 7.87. The third kappa shape index (κ3) is 5.05. The van der Waals surface area contributed by atoms with Crippen LogP contribution >= 0.6 is 11.3 Å². The van der Waals surface area contributed by atoms with E-state index in [1.807, 2.05) is 38.1 Å². The number of rotatable bonds is 5. The van der Waals surface area contributed by atoms with E-state index in [-0.39, 0.29) is 5.91 Å². The number of aromatic nitrogens is 1. The van der Waals surface area contributed by atoms with E-state index >= 15 is 0 Å². The van der Waals surface area contributed by atoms with Gasteiger partial charge in [0.25, 0.3) is 5.91 Å². The molecule has 1 heterocycles. The van der Waals surface area contributed by atoms with E-state index < -0.39 is 0 Å². The summed E-state index contributed by atoms with van der Waals surface area (Å²) in [5.74, 6) is 0.848. The highest BCUT2D eigenvalue weighted by atomic mass is 32.1. The average molecular weight is 359 g/mol. The molecule has 1 aromatic heterocycles. The summed E-state index contributed by atoms with van der Waals surface area (Å²) in [6.07, 6.45) is 7.17. The third-order valence-corrected chi connectivity index (χ3v) is 5.72. The molecule has 2 aromatic rings. The molecule has 4 nitrogen and oxygen atoms in total. The maximum Gasteiger partial charge on any atom is 0.263 e. The predicted octanol–water partition coefficient (Wildman–Crippen LogP) is 4.79. The van der Waals surface area contributed by atoms with Crippen LogP contribution in [0.3, 0.4) is 0 Å². The van der Waals surface area contributed by atoms with Crippen LogP contribution in [0.25, 0.3) is 0 Å².